The van der Waals surface area contributed by atoms with Crippen LogP contribution in [0.5, 0.6) is 11.5 Å². The molecule has 1 aliphatic heterocycles. The van der Waals surface area contributed by atoms with Crippen LogP contribution in [0.3, 0.4) is 0 Å². The topological polar surface area (TPSA) is 89.9 Å². The average Bonchev–Trinajstić information content (AvgIpc) is 2.36. The zero-order valence-electron chi connectivity index (χ0n) is 12.2. The van der Waals surface area contributed by atoms with E-state index in [0.717, 1.165) is 6.26 Å². The Morgan fingerprint density at radius 1 is 1.29 bits per heavy atom. The molecule has 21 heavy (non-hydrogen) atoms. The second-order valence-electron chi connectivity index (χ2n) is 5.72. The molecular weight excluding hydrogens is 296 g/mol. The molecule has 0 fully saturated rings. The van der Waals surface area contributed by atoms with Crippen molar-refractivity contribution < 1.29 is 27.8 Å². The summed E-state index contributed by atoms with van der Waals surface area (Å²) in [5, 5.41) is 9.23. The molecule has 2 rings (SSSR count). The maximum atomic E-state index is 12.1. The smallest absolute Gasteiger partial charge is 0.309 e. The van der Waals surface area contributed by atoms with Gasteiger partial charge in [0, 0.05) is 6.26 Å². The summed E-state index contributed by atoms with van der Waals surface area (Å²) in [6.07, 6.45) is 1.17. The van der Waals surface area contributed by atoms with Crippen LogP contribution >= 0.6 is 0 Å². The van der Waals surface area contributed by atoms with E-state index in [9.17, 15) is 18.3 Å². The third kappa shape index (κ3) is 3.12. The van der Waals surface area contributed by atoms with Crippen molar-refractivity contribution in [3.05, 3.63) is 17.7 Å². The second-order valence-corrected chi connectivity index (χ2v) is 7.67. The molecular formula is C14H18O6S. The Bertz CT molecular complexity index is 675. The van der Waals surface area contributed by atoms with Crippen molar-refractivity contribution in [2.75, 3.05) is 19.5 Å². The van der Waals surface area contributed by atoms with Crippen molar-refractivity contribution in [2.45, 2.75) is 25.2 Å². The molecule has 116 valence electrons. The lowest BCUT2D eigenvalue weighted by Gasteiger charge is -2.25. The van der Waals surface area contributed by atoms with Crippen molar-refractivity contribution >= 4 is 15.8 Å². The molecule has 1 heterocycles. The fourth-order valence-electron chi connectivity index (χ4n) is 2.23. The number of hydrogen-bond donors (Lipinski definition) is 1. The van der Waals surface area contributed by atoms with Crippen molar-refractivity contribution in [3.8, 4) is 11.5 Å². The van der Waals surface area contributed by atoms with Gasteiger partial charge in [0.25, 0.3) is 0 Å². The zero-order valence-corrected chi connectivity index (χ0v) is 13.0. The zero-order chi connectivity index (χ0) is 15.8. The number of benzene rings is 1. The summed E-state index contributed by atoms with van der Waals surface area (Å²) in [6, 6.07) is 3.21. The minimum absolute atomic E-state index is 0.0222. The van der Waals surface area contributed by atoms with Gasteiger partial charge in [-0.3, -0.25) is 4.79 Å². The van der Waals surface area contributed by atoms with Crippen molar-refractivity contribution in [1.29, 1.82) is 0 Å². The first-order valence-corrected chi connectivity index (χ1v) is 8.37. The first-order valence-electron chi connectivity index (χ1n) is 6.48. The Labute approximate surface area is 123 Å². The quantitative estimate of drug-likeness (QED) is 0.906. The molecule has 0 atom stereocenters. The number of carboxylic acids is 1. The molecule has 1 aromatic carbocycles. The minimum Gasteiger partial charge on any atom is -0.486 e. The maximum absolute atomic E-state index is 12.1. The monoisotopic (exact) mass is 314 g/mol. The predicted octanol–water partition coefficient (Wildman–Crippen LogP) is 1.51. The molecule has 0 radical (unpaired) electrons. The Morgan fingerprint density at radius 3 is 2.48 bits per heavy atom. The van der Waals surface area contributed by atoms with Gasteiger partial charge in [0.1, 0.15) is 18.1 Å². The van der Waals surface area contributed by atoms with Gasteiger partial charge >= 0.3 is 5.97 Å². The Morgan fingerprint density at radius 2 is 1.90 bits per heavy atom. The number of rotatable bonds is 4. The lowest BCUT2D eigenvalue weighted by molar-refractivity contribution is -0.146. The Balaban J connectivity index is 2.59. The molecule has 1 aliphatic rings. The first kappa shape index (κ1) is 15.6. The van der Waals surface area contributed by atoms with Crippen LogP contribution in [0.25, 0.3) is 0 Å². The van der Waals surface area contributed by atoms with Crippen LogP contribution in [0, 0.1) is 5.41 Å². The first-order chi connectivity index (χ1) is 9.63. The molecule has 0 aromatic heterocycles. The van der Waals surface area contributed by atoms with Crippen molar-refractivity contribution in [2.24, 2.45) is 5.41 Å². The van der Waals surface area contributed by atoms with E-state index in [-0.39, 0.29) is 23.7 Å². The van der Waals surface area contributed by atoms with Gasteiger partial charge in [-0.05, 0) is 31.9 Å². The molecule has 7 heteroatoms. The van der Waals surface area contributed by atoms with Gasteiger partial charge in [-0.25, -0.2) is 8.42 Å². The highest BCUT2D eigenvalue weighted by Gasteiger charge is 2.32. The summed E-state index contributed by atoms with van der Waals surface area (Å²) in [4.78, 5) is 11.3. The van der Waals surface area contributed by atoms with Crippen LogP contribution < -0.4 is 9.47 Å². The summed E-state index contributed by atoms with van der Waals surface area (Å²) in [5.74, 6) is -0.433. The lowest BCUT2D eigenvalue weighted by atomic mass is 9.86. The van der Waals surface area contributed by atoms with E-state index in [1.165, 1.54) is 0 Å². The standard InChI is InChI=1S/C14H18O6S/c1-14(2,13(15)16)8-9-4-5-10-11(20-7-6-19-10)12(9)21(3,17)18/h4-5H,6-8H2,1-3H3,(H,15,16). The number of hydrogen-bond acceptors (Lipinski definition) is 5. The van der Waals surface area contributed by atoms with Crippen molar-refractivity contribution in [3.63, 3.8) is 0 Å². The fraction of sp³-hybridized carbons (Fsp3) is 0.500. The van der Waals surface area contributed by atoms with Crippen LogP contribution in [0.4, 0.5) is 0 Å². The summed E-state index contributed by atoms with van der Waals surface area (Å²) in [5.41, 5.74) is -0.655. The maximum Gasteiger partial charge on any atom is 0.309 e. The minimum atomic E-state index is -3.57. The summed E-state index contributed by atoms with van der Waals surface area (Å²) >= 11 is 0. The van der Waals surface area contributed by atoms with Crippen LogP contribution in [-0.4, -0.2) is 39.0 Å². The van der Waals surface area contributed by atoms with E-state index in [1.807, 2.05) is 0 Å². The molecule has 1 aromatic rings. The van der Waals surface area contributed by atoms with E-state index in [0.29, 0.717) is 17.9 Å². The molecule has 0 saturated heterocycles. The normalized spacial score (nSPS) is 14.8. The Kier molecular flexibility index (Phi) is 3.88. The average molecular weight is 314 g/mol. The van der Waals surface area contributed by atoms with E-state index >= 15 is 0 Å². The highest BCUT2D eigenvalue weighted by Crippen LogP contribution is 2.40. The Hall–Kier alpha value is -1.76. The number of carboxylic acid groups (broad SMARTS) is 1. The van der Waals surface area contributed by atoms with E-state index < -0.39 is 21.2 Å². The lowest BCUT2D eigenvalue weighted by Crippen LogP contribution is -2.27. The van der Waals surface area contributed by atoms with Gasteiger partial charge in [0.15, 0.2) is 21.3 Å². The van der Waals surface area contributed by atoms with Gasteiger partial charge < -0.3 is 14.6 Å². The largest absolute Gasteiger partial charge is 0.486 e. The summed E-state index contributed by atoms with van der Waals surface area (Å²) in [7, 11) is -3.57. The van der Waals surface area contributed by atoms with Gasteiger partial charge in [0.2, 0.25) is 0 Å². The third-order valence-electron chi connectivity index (χ3n) is 3.33. The van der Waals surface area contributed by atoms with Crippen LogP contribution in [-0.2, 0) is 21.1 Å². The molecule has 0 amide bonds. The SMILES string of the molecule is CC(C)(Cc1ccc2c(c1S(C)(=O)=O)OCCO2)C(=O)O. The van der Waals surface area contributed by atoms with Crippen LogP contribution in [0.2, 0.25) is 0 Å². The second kappa shape index (κ2) is 5.22. The van der Waals surface area contributed by atoms with Gasteiger partial charge in [-0.1, -0.05) is 6.07 Å². The number of fused-ring (bicyclic) bond motifs is 1. The summed E-state index contributed by atoms with van der Waals surface area (Å²) < 4.78 is 35.0. The van der Waals surface area contributed by atoms with E-state index in [4.69, 9.17) is 9.47 Å². The predicted molar refractivity (Wildman–Crippen MR) is 75.7 cm³/mol. The molecule has 0 bridgehead atoms. The van der Waals surface area contributed by atoms with Crippen LogP contribution in [0.1, 0.15) is 19.4 Å². The number of ether oxygens (including phenoxy) is 2. The molecule has 0 spiro atoms. The molecule has 0 aliphatic carbocycles. The summed E-state index contributed by atoms with van der Waals surface area (Å²) in [6.45, 7) is 3.73. The fourth-order valence-corrected chi connectivity index (χ4v) is 3.34. The molecule has 0 saturated carbocycles. The van der Waals surface area contributed by atoms with E-state index in [1.54, 1.807) is 26.0 Å². The van der Waals surface area contributed by atoms with Gasteiger partial charge in [0.05, 0.1) is 5.41 Å². The third-order valence-corrected chi connectivity index (χ3v) is 4.52. The number of aliphatic carboxylic acids is 1. The highest BCUT2D eigenvalue weighted by atomic mass is 32.2. The number of sulfone groups is 1. The highest BCUT2D eigenvalue weighted by molar-refractivity contribution is 7.90. The van der Waals surface area contributed by atoms with Crippen LogP contribution in [0.15, 0.2) is 17.0 Å². The van der Waals surface area contributed by atoms with Crippen molar-refractivity contribution in [1.82, 2.24) is 0 Å². The van der Waals surface area contributed by atoms with Gasteiger partial charge in [-0.15, -0.1) is 0 Å². The van der Waals surface area contributed by atoms with E-state index in [2.05, 4.69) is 0 Å². The molecule has 0 unspecified atom stereocenters. The number of carbonyl (C=O) groups is 1. The van der Waals surface area contributed by atoms with Gasteiger partial charge in [-0.2, -0.15) is 0 Å². The molecule has 6 nitrogen and oxygen atoms in total. The molecule has 1 N–H and O–H groups in total.